The lowest BCUT2D eigenvalue weighted by atomic mass is 10.3. The van der Waals surface area contributed by atoms with Crippen molar-refractivity contribution in [2.45, 2.75) is 24.8 Å². The third-order valence-corrected chi connectivity index (χ3v) is 4.18. The van der Waals surface area contributed by atoms with E-state index in [1.54, 1.807) is 6.92 Å². The molecule has 0 aliphatic carbocycles. The predicted octanol–water partition coefficient (Wildman–Crippen LogP) is -0.0201. The van der Waals surface area contributed by atoms with Gasteiger partial charge in [0.2, 0.25) is 15.9 Å². The van der Waals surface area contributed by atoms with Gasteiger partial charge in [0.05, 0.1) is 16.7 Å². The van der Waals surface area contributed by atoms with Crippen molar-refractivity contribution in [1.29, 1.82) is 0 Å². The molecule has 1 amide bonds. The molecule has 1 aromatic rings. The van der Waals surface area contributed by atoms with E-state index in [1.165, 1.54) is 6.92 Å². The molecule has 1 unspecified atom stereocenters. The number of non-ortho nitro benzene ring substituents is 1. The van der Waals surface area contributed by atoms with Crippen LogP contribution >= 0.6 is 0 Å². The van der Waals surface area contributed by atoms with Crippen LogP contribution in [0.3, 0.4) is 0 Å². The molecule has 1 aromatic carbocycles. The number of hydrogen-bond donors (Lipinski definition) is 3. The summed E-state index contributed by atoms with van der Waals surface area (Å²) >= 11 is 0. The molecule has 0 saturated carbocycles. The topological polar surface area (TPSA) is 144 Å². The number of nitrogens with two attached hydrogens (primary N) is 1. The van der Waals surface area contributed by atoms with Gasteiger partial charge in [-0.25, -0.2) is 8.42 Å². The van der Waals surface area contributed by atoms with Gasteiger partial charge in [-0.15, -0.1) is 0 Å². The molecule has 0 heterocycles. The molecule has 0 saturated heterocycles. The zero-order valence-electron chi connectivity index (χ0n) is 11.5. The molecule has 0 fully saturated rings. The fourth-order valence-electron chi connectivity index (χ4n) is 1.57. The molecule has 10 heteroatoms. The van der Waals surface area contributed by atoms with E-state index in [1.807, 2.05) is 0 Å². The summed E-state index contributed by atoms with van der Waals surface area (Å²) in [5.41, 5.74) is 4.95. The van der Waals surface area contributed by atoms with Crippen molar-refractivity contribution >= 4 is 27.3 Å². The van der Waals surface area contributed by atoms with E-state index < -0.39 is 26.9 Å². The predicted molar refractivity (Wildman–Crippen MR) is 76.0 cm³/mol. The van der Waals surface area contributed by atoms with E-state index in [0.717, 1.165) is 18.2 Å². The van der Waals surface area contributed by atoms with Crippen LogP contribution in [0.15, 0.2) is 23.1 Å². The quantitative estimate of drug-likeness (QED) is 0.382. The van der Waals surface area contributed by atoms with Crippen molar-refractivity contribution in [2.24, 2.45) is 0 Å². The van der Waals surface area contributed by atoms with E-state index in [2.05, 4.69) is 10.0 Å². The summed E-state index contributed by atoms with van der Waals surface area (Å²) in [5, 5.41) is 13.1. The minimum atomic E-state index is -4.05. The lowest BCUT2D eigenvalue weighted by molar-refractivity contribution is -0.384. The molecular weight excluding hydrogens is 300 g/mol. The minimum absolute atomic E-state index is 0.264. The lowest BCUT2D eigenvalue weighted by Crippen LogP contribution is -2.44. The molecule has 116 valence electrons. The van der Waals surface area contributed by atoms with E-state index >= 15 is 0 Å². The first kappa shape index (κ1) is 16.9. The third kappa shape index (κ3) is 4.13. The van der Waals surface area contributed by atoms with Gasteiger partial charge in [-0.3, -0.25) is 14.9 Å². The summed E-state index contributed by atoms with van der Waals surface area (Å²) in [4.78, 5) is 21.1. The molecule has 0 aromatic heterocycles. The number of amides is 1. The first-order valence-corrected chi connectivity index (χ1v) is 7.51. The summed E-state index contributed by atoms with van der Waals surface area (Å²) in [7, 11) is -4.05. The van der Waals surface area contributed by atoms with Crippen molar-refractivity contribution in [3.05, 3.63) is 28.3 Å². The van der Waals surface area contributed by atoms with Crippen molar-refractivity contribution in [3.63, 3.8) is 0 Å². The zero-order chi connectivity index (χ0) is 16.2. The van der Waals surface area contributed by atoms with Gasteiger partial charge < -0.3 is 11.1 Å². The Labute approximate surface area is 121 Å². The van der Waals surface area contributed by atoms with Crippen LogP contribution in [0, 0.1) is 10.1 Å². The van der Waals surface area contributed by atoms with Crippen molar-refractivity contribution in [1.82, 2.24) is 10.0 Å². The van der Waals surface area contributed by atoms with Crippen LogP contribution in [0.5, 0.6) is 0 Å². The molecule has 0 bridgehead atoms. The van der Waals surface area contributed by atoms with Crippen molar-refractivity contribution in [2.75, 3.05) is 12.3 Å². The fourth-order valence-corrected chi connectivity index (χ4v) is 2.89. The number of nitrogen functional groups attached to an aromatic ring is 1. The van der Waals surface area contributed by atoms with Crippen LogP contribution in [-0.4, -0.2) is 31.8 Å². The van der Waals surface area contributed by atoms with Gasteiger partial charge in [0.1, 0.15) is 4.90 Å². The smallest absolute Gasteiger partial charge is 0.271 e. The number of carbonyl (C=O) groups is 1. The second kappa shape index (κ2) is 6.50. The largest absolute Gasteiger partial charge is 0.397 e. The van der Waals surface area contributed by atoms with Crippen LogP contribution in [-0.2, 0) is 14.8 Å². The summed E-state index contributed by atoms with van der Waals surface area (Å²) in [6.07, 6.45) is 0. The maximum atomic E-state index is 12.1. The zero-order valence-corrected chi connectivity index (χ0v) is 12.3. The van der Waals surface area contributed by atoms with Gasteiger partial charge in [0, 0.05) is 18.7 Å². The number of hydrogen-bond acceptors (Lipinski definition) is 6. The molecule has 0 spiro atoms. The standard InChI is InChI=1S/C11H16N4O5S/c1-3-13-11(16)7(2)14-21(19,20)10-5-4-8(15(17)18)6-9(10)12/h4-7,14H,3,12H2,1-2H3,(H,13,16). The third-order valence-electron chi connectivity index (χ3n) is 2.57. The SMILES string of the molecule is CCNC(=O)C(C)NS(=O)(=O)c1ccc([N+](=O)[O-])cc1N. The Bertz CT molecular complexity index is 659. The van der Waals surface area contributed by atoms with Gasteiger partial charge in [-0.1, -0.05) is 0 Å². The number of likely N-dealkylation sites (N-methyl/N-ethyl adjacent to an activating group) is 1. The number of nitrogens with zero attached hydrogens (tertiary/aromatic N) is 1. The highest BCUT2D eigenvalue weighted by molar-refractivity contribution is 7.89. The molecule has 9 nitrogen and oxygen atoms in total. The number of rotatable bonds is 6. The first-order valence-electron chi connectivity index (χ1n) is 6.03. The fraction of sp³-hybridized carbons (Fsp3) is 0.364. The first-order chi connectivity index (χ1) is 9.69. The highest BCUT2D eigenvalue weighted by atomic mass is 32.2. The van der Waals surface area contributed by atoms with E-state index in [4.69, 9.17) is 5.73 Å². The number of nitro groups is 1. The Morgan fingerprint density at radius 1 is 1.48 bits per heavy atom. The molecule has 21 heavy (non-hydrogen) atoms. The van der Waals surface area contributed by atoms with Crippen LogP contribution in [0.25, 0.3) is 0 Å². The Morgan fingerprint density at radius 2 is 2.10 bits per heavy atom. The molecule has 0 radical (unpaired) electrons. The van der Waals surface area contributed by atoms with Crippen molar-refractivity contribution in [3.8, 4) is 0 Å². The molecule has 4 N–H and O–H groups in total. The van der Waals surface area contributed by atoms with Crippen LogP contribution in [0.4, 0.5) is 11.4 Å². The van der Waals surface area contributed by atoms with Crippen LogP contribution < -0.4 is 15.8 Å². The molecule has 0 aliphatic heterocycles. The van der Waals surface area contributed by atoms with Gasteiger partial charge in [0.15, 0.2) is 0 Å². The average molecular weight is 316 g/mol. The average Bonchev–Trinajstić information content (AvgIpc) is 2.37. The molecule has 1 rings (SSSR count). The highest BCUT2D eigenvalue weighted by Crippen LogP contribution is 2.23. The second-order valence-electron chi connectivity index (χ2n) is 4.22. The Balaban J connectivity index is 3.03. The number of carbonyl (C=O) groups excluding carboxylic acids is 1. The molecular formula is C11H16N4O5S. The van der Waals surface area contributed by atoms with Gasteiger partial charge in [0.25, 0.3) is 5.69 Å². The number of anilines is 1. The maximum Gasteiger partial charge on any atom is 0.271 e. The summed E-state index contributed by atoms with van der Waals surface area (Å²) in [6.45, 7) is 3.45. The summed E-state index contributed by atoms with van der Waals surface area (Å²) < 4.78 is 26.4. The lowest BCUT2D eigenvalue weighted by Gasteiger charge is -2.14. The molecule has 0 aliphatic rings. The molecule has 1 atom stereocenters. The number of nitrogens with one attached hydrogen (secondary N) is 2. The van der Waals surface area contributed by atoms with Crippen molar-refractivity contribution < 1.29 is 18.1 Å². The minimum Gasteiger partial charge on any atom is -0.397 e. The van der Waals surface area contributed by atoms with E-state index in [-0.39, 0.29) is 16.3 Å². The highest BCUT2D eigenvalue weighted by Gasteiger charge is 2.24. The van der Waals surface area contributed by atoms with Gasteiger partial charge in [-0.05, 0) is 19.9 Å². The van der Waals surface area contributed by atoms with Crippen LogP contribution in [0.2, 0.25) is 0 Å². The van der Waals surface area contributed by atoms with E-state index in [9.17, 15) is 23.3 Å². The number of benzene rings is 1. The Kier molecular flexibility index (Phi) is 5.22. The summed E-state index contributed by atoms with van der Waals surface area (Å²) in [5.74, 6) is -0.485. The van der Waals surface area contributed by atoms with Crippen LogP contribution in [0.1, 0.15) is 13.8 Å². The summed E-state index contributed by atoms with van der Waals surface area (Å²) in [6, 6.07) is 2.01. The monoisotopic (exact) mass is 316 g/mol. The Hall–Kier alpha value is -2.20. The Morgan fingerprint density at radius 3 is 2.57 bits per heavy atom. The number of nitro benzene ring substituents is 1. The maximum absolute atomic E-state index is 12.1. The number of sulfonamides is 1. The van der Waals surface area contributed by atoms with Gasteiger partial charge >= 0.3 is 0 Å². The second-order valence-corrected chi connectivity index (χ2v) is 5.90. The van der Waals surface area contributed by atoms with Gasteiger partial charge in [-0.2, -0.15) is 4.72 Å². The van der Waals surface area contributed by atoms with E-state index in [0.29, 0.717) is 6.54 Å². The normalized spacial score (nSPS) is 12.7.